The van der Waals surface area contributed by atoms with E-state index in [1.54, 1.807) is 6.08 Å². The first-order chi connectivity index (χ1) is 20.4. The topological polar surface area (TPSA) is 109 Å². The molecule has 2 aliphatic heterocycles. The van der Waals surface area contributed by atoms with Crippen molar-refractivity contribution in [1.82, 2.24) is 8.61 Å². The van der Waals surface area contributed by atoms with Crippen molar-refractivity contribution in [2.24, 2.45) is 51.2 Å². The number of carbonyl (C=O) groups is 2. The summed E-state index contributed by atoms with van der Waals surface area (Å²) >= 11 is 0. The average molecular weight is 651 g/mol. The minimum Gasteiger partial charge on any atom is -0.273 e. The second-order valence-corrected chi connectivity index (χ2v) is 20.7. The van der Waals surface area contributed by atoms with Gasteiger partial charge in [-0.2, -0.15) is 0 Å². The maximum absolute atomic E-state index is 14.5. The van der Waals surface area contributed by atoms with Gasteiger partial charge in [0.15, 0.2) is 0 Å². The van der Waals surface area contributed by atoms with Gasteiger partial charge in [-0.1, -0.05) is 60.5 Å². The highest BCUT2D eigenvalue weighted by atomic mass is 32.2. The molecule has 8 atom stereocenters. The number of amides is 2. The maximum atomic E-state index is 14.5. The van der Waals surface area contributed by atoms with Gasteiger partial charge in [0, 0.05) is 22.7 Å². The smallest absolute Gasteiger partial charge is 0.239 e. The number of hydrogen-bond donors (Lipinski definition) is 0. The Balaban J connectivity index is 1.30. The molecule has 6 fully saturated rings. The molecule has 248 valence electrons. The first-order valence-corrected chi connectivity index (χ1v) is 20.3. The lowest BCUT2D eigenvalue weighted by atomic mass is 9.69. The summed E-state index contributed by atoms with van der Waals surface area (Å²) in [7, 11) is -7.62. The summed E-state index contributed by atoms with van der Waals surface area (Å²) in [4.78, 5) is 28.9. The standard InChI is InChI=1S/C34H54N2O6S2/c1-8-10-23(29(37)35-27-18-25-13-15-33(27,31(25,4)5)20-43(35,39)40)17-24(12-9-11-22(2)3)30(38)36-28-19-26-14-16-34(28,32(26,6)7)21-44(36,41)42/h8,22-28H,1,9-21H2,2-7H3/t23-,24+,25-,26-,27-,28-,33-,34-/m1/s1. The molecule has 2 saturated heterocycles. The van der Waals surface area contributed by atoms with Crippen LogP contribution in [0.3, 0.4) is 0 Å². The molecule has 2 spiro atoms. The van der Waals surface area contributed by atoms with Gasteiger partial charge in [-0.25, -0.2) is 25.4 Å². The van der Waals surface area contributed by atoms with Crippen molar-refractivity contribution >= 4 is 31.9 Å². The van der Waals surface area contributed by atoms with E-state index in [9.17, 15) is 26.4 Å². The summed E-state index contributed by atoms with van der Waals surface area (Å²) in [6.07, 6.45) is 9.17. The lowest BCUT2D eigenvalue weighted by Gasteiger charge is -2.38. The Morgan fingerprint density at radius 1 is 0.795 bits per heavy atom. The van der Waals surface area contributed by atoms with Crippen LogP contribution in [0.2, 0.25) is 0 Å². The monoisotopic (exact) mass is 650 g/mol. The second kappa shape index (κ2) is 10.3. The molecule has 0 aromatic heterocycles. The van der Waals surface area contributed by atoms with Gasteiger partial charge in [-0.05, 0) is 86.4 Å². The van der Waals surface area contributed by atoms with E-state index < -0.39 is 48.6 Å². The van der Waals surface area contributed by atoms with Gasteiger partial charge in [0.2, 0.25) is 31.9 Å². The molecule has 0 unspecified atom stereocenters. The molecule has 2 amide bonds. The summed E-state index contributed by atoms with van der Waals surface area (Å²) in [5.41, 5.74) is -1.15. The van der Waals surface area contributed by atoms with Crippen LogP contribution in [0.25, 0.3) is 0 Å². The van der Waals surface area contributed by atoms with Crippen LogP contribution < -0.4 is 0 Å². The Labute approximate surface area is 265 Å². The number of rotatable bonds is 10. The average Bonchev–Trinajstić information content (AvgIpc) is 3.60. The third-order valence-corrected chi connectivity index (χ3v) is 18.1. The highest BCUT2D eigenvalue weighted by Gasteiger charge is 2.74. The van der Waals surface area contributed by atoms with E-state index in [4.69, 9.17) is 0 Å². The van der Waals surface area contributed by atoms with Gasteiger partial charge in [-0.3, -0.25) is 9.59 Å². The molecule has 6 rings (SSSR count). The van der Waals surface area contributed by atoms with Crippen LogP contribution in [0, 0.1) is 51.2 Å². The number of sulfonamides is 2. The Bertz CT molecular complexity index is 1450. The number of nitrogens with zero attached hydrogens (tertiary/aromatic N) is 2. The third kappa shape index (κ3) is 4.30. The molecule has 0 aromatic carbocycles. The van der Waals surface area contributed by atoms with Crippen LogP contribution in [0.5, 0.6) is 0 Å². The molecule has 4 aliphatic carbocycles. The zero-order valence-corrected chi connectivity index (χ0v) is 29.3. The predicted molar refractivity (Wildman–Crippen MR) is 171 cm³/mol. The molecule has 4 saturated carbocycles. The van der Waals surface area contributed by atoms with E-state index >= 15 is 0 Å². The molecular weight excluding hydrogens is 597 g/mol. The summed E-state index contributed by atoms with van der Waals surface area (Å²) in [5, 5.41) is 0. The van der Waals surface area contributed by atoms with Crippen molar-refractivity contribution < 1.29 is 26.4 Å². The van der Waals surface area contributed by atoms with Crippen molar-refractivity contribution in [3.8, 4) is 0 Å². The van der Waals surface area contributed by atoms with Crippen LogP contribution in [0.15, 0.2) is 12.7 Å². The van der Waals surface area contributed by atoms with Crippen molar-refractivity contribution in [3.05, 3.63) is 12.7 Å². The van der Waals surface area contributed by atoms with E-state index in [1.165, 1.54) is 8.61 Å². The highest BCUT2D eigenvalue weighted by molar-refractivity contribution is 7.90. The SMILES string of the molecule is C=CC[C@H](C[C@H](CCCC(C)C)C(=O)N1[C@@H]2C[C@H]3CC[C@]2(CS1(=O)=O)C3(C)C)C(=O)N1[C@@H]2C[C@H]3CC[C@]2(CS1(=O)=O)C3(C)C. The molecule has 6 aliphatic rings. The number of carbonyl (C=O) groups excluding carboxylic acids is 2. The predicted octanol–water partition coefficient (Wildman–Crippen LogP) is 5.75. The quantitative estimate of drug-likeness (QED) is 0.279. The molecule has 0 radical (unpaired) electrons. The summed E-state index contributed by atoms with van der Waals surface area (Å²) in [5.74, 6) is -1.01. The van der Waals surface area contributed by atoms with Crippen LogP contribution in [-0.4, -0.2) is 60.8 Å². The molecule has 0 aromatic rings. The Kier molecular flexibility index (Phi) is 7.60. The highest BCUT2D eigenvalue weighted by Crippen LogP contribution is 2.71. The maximum Gasteiger partial charge on any atom is 0.239 e. The minimum atomic E-state index is -3.82. The third-order valence-electron chi connectivity index (χ3n) is 14.3. The first kappa shape index (κ1) is 32.5. The van der Waals surface area contributed by atoms with Gasteiger partial charge in [-0.15, -0.1) is 6.58 Å². The fraction of sp³-hybridized carbons (Fsp3) is 0.882. The van der Waals surface area contributed by atoms with Crippen molar-refractivity contribution in [1.29, 1.82) is 0 Å². The normalized spacial score (nSPS) is 39.4. The van der Waals surface area contributed by atoms with Crippen molar-refractivity contribution in [3.63, 3.8) is 0 Å². The van der Waals surface area contributed by atoms with Gasteiger partial charge in [0.1, 0.15) is 0 Å². The van der Waals surface area contributed by atoms with E-state index in [0.29, 0.717) is 37.0 Å². The van der Waals surface area contributed by atoms with E-state index in [1.807, 2.05) is 0 Å². The molecule has 44 heavy (non-hydrogen) atoms. The Morgan fingerprint density at radius 2 is 1.25 bits per heavy atom. The molecule has 4 bridgehead atoms. The Hall–Kier alpha value is -1.42. The van der Waals surface area contributed by atoms with Crippen molar-refractivity contribution in [2.75, 3.05) is 11.5 Å². The lowest BCUT2D eigenvalue weighted by molar-refractivity contribution is -0.137. The van der Waals surface area contributed by atoms with Gasteiger partial charge < -0.3 is 0 Å². The Morgan fingerprint density at radius 3 is 1.66 bits per heavy atom. The van der Waals surface area contributed by atoms with E-state index in [-0.39, 0.29) is 53.2 Å². The molecule has 10 heteroatoms. The summed E-state index contributed by atoms with van der Waals surface area (Å²) in [6, 6.07) is -0.670. The lowest BCUT2D eigenvalue weighted by Crippen LogP contribution is -2.48. The van der Waals surface area contributed by atoms with Gasteiger partial charge in [0.25, 0.3) is 0 Å². The fourth-order valence-electron chi connectivity index (χ4n) is 11.5. The van der Waals surface area contributed by atoms with Crippen LogP contribution in [0.1, 0.15) is 112 Å². The van der Waals surface area contributed by atoms with Crippen molar-refractivity contribution in [2.45, 2.75) is 124 Å². The number of allylic oxidation sites excluding steroid dienone is 1. The van der Waals surface area contributed by atoms with Crippen LogP contribution >= 0.6 is 0 Å². The molecular formula is C34H54N2O6S2. The zero-order chi connectivity index (χ0) is 32.3. The number of fused-ring (bicyclic) bond motifs is 2. The van der Waals surface area contributed by atoms with E-state index in [0.717, 1.165) is 38.5 Å². The summed E-state index contributed by atoms with van der Waals surface area (Å²) in [6.45, 7) is 16.8. The summed E-state index contributed by atoms with van der Waals surface area (Å²) < 4.78 is 57.6. The molecule has 8 nitrogen and oxygen atoms in total. The second-order valence-electron chi connectivity index (χ2n) is 17.0. The van der Waals surface area contributed by atoms with Crippen LogP contribution in [-0.2, 0) is 29.6 Å². The van der Waals surface area contributed by atoms with Gasteiger partial charge in [0.05, 0.1) is 23.6 Å². The van der Waals surface area contributed by atoms with E-state index in [2.05, 4.69) is 48.1 Å². The van der Waals surface area contributed by atoms with Gasteiger partial charge >= 0.3 is 0 Å². The molecule has 0 N–H and O–H groups in total. The molecule has 2 heterocycles. The minimum absolute atomic E-state index is 0.00417. The largest absolute Gasteiger partial charge is 0.273 e. The zero-order valence-electron chi connectivity index (χ0n) is 27.7. The van der Waals surface area contributed by atoms with Crippen LogP contribution in [0.4, 0.5) is 0 Å². The first-order valence-electron chi connectivity index (χ1n) is 17.1. The number of hydrogen-bond acceptors (Lipinski definition) is 6. The fourth-order valence-corrected chi connectivity index (χ4v) is 16.7.